The molecule has 0 radical (unpaired) electrons. The average Bonchev–Trinajstić information content (AvgIpc) is 4.07. The van der Waals surface area contributed by atoms with Crippen LogP contribution in [0.1, 0.15) is 87.2 Å². The maximum absolute atomic E-state index is 13.2. The molecule has 1 saturated heterocycles. The Morgan fingerprint density at radius 3 is 2.48 bits per heavy atom. The Balaban J connectivity index is 0.849. The Labute approximate surface area is 304 Å². The SMILES string of the molecule is CN1CC(CCC(Nc2cccc(SNC(=O)c3ccc(-n4ccc(OCCC5C6(CC6)C56CC6)n4)nc3Cl)n2)c2ccccc2)CC1(C)C. The molecule has 4 aliphatic rings. The lowest BCUT2D eigenvalue weighted by Gasteiger charge is -2.26. The van der Waals surface area contributed by atoms with E-state index >= 15 is 0 Å². The van der Waals surface area contributed by atoms with Gasteiger partial charge in [-0.05, 0) is 125 Å². The second-order valence-corrected chi connectivity index (χ2v) is 16.6. The van der Waals surface area contributed by atoms with Crippen LogP contribution in [0, 0.1) is 22.7 Å². The lowest BCUT2D eigenvalue weighted by atomic mass is 9.90. The minimum absolute atomic E-state index is 0.0997. The number of carbonyl (C=O) groups is 1. The second-order valence-electron chi connectivity index (χ2n) is 15.5. The molecule has 8 rings (SSSR count). The summed E-state index contributed by atoms with van der Waals surface area (Å²) in [6, 6.07) is 21.7. The first kappa shape index (κ1) is 33.5. The van der Waals surface area contributed by atoms with Gasteiger partial charge in [-0.2, -0.15) is 0 Å². The molecule has 3 aliphatic carbocycles. The molecule has 262 valence electrons. The predicted octanol–water partition coefficient (Wildman–Crippen LogP) is 8.38. The highest BCUT2D eigenvalue weighted by Gasteiger charge is 2.85. The number of anilines is 1. The number of halogens is 1. The van der Waals surface area contributed by atoms with Crippen molar-refractivity contribution < 1.29 is 9.53 Å². The van der Waals surface area contributed by atoms with Crippen molar-refractivity contribution in [1.29, 1.82) is 0 Å². The normalized spacial score (nSPS) is 21.6. The number of carbonyl (C=O) groups excluding carboxylic acids is 1. The Kier molecular flexibility index (Phi) is 8.84. The maximum Gasteiger partial charge on any atom is 0.264 e. The Bertz CT molecular complexity index is 1840. The van der Waals surface area contributed by atoms with Crippen molar-refractivity contribution >= 4 is 35.3 Å². The molecule has 1 aliphatic heterocycles. The van der Waals surface area contributed by atoms with E-state index in [2.05, 4.69) is 70.2 Å². The van der Waals surface area contributed by atoms with Crippen LogP contribution in [0.15, 0.2) is 78.0 Å². The third kappa shape index (κ3) is 6.62. The smallest absolute Gasteiger partial charge is 0.264 e. The fourth-order valence-corrected chi connectivity index (χ4v) is 9.75. The van der Waals surface area contributed by atoms with Gasteiger partial charge in [0.05, 0.1) is 18.2 Å². The highest BCUT2D eigenvalue weighted by molar-refractivity contribution is 7.97. The third-order valence-electron chi connectivity index (χ3n) is 12.1. The summed E-state index contributed by atoms with van der Waals surface area (Å²) in [6.07, 6.45) is 11.9. The first-order valence-corrected chi connectivity index (χ1v) is 19.2. The van der Waals surface area contributed by atoms with Crippen molar-refractivity contribution in [3.8, 4) is 11.7 Å². The summed E-state index contributed by atoms with van der Waals surface area (Å²) in [4.78, 5) is 24.9. The summed E-state index contributed by atoms with van der Waals surface area (Å²) >= 11 is 7.66. The fourth-order valence-electron chi connectivity index (χ4n) is 8.92. The van der Waals surface area contributed by atoms with Crippen molar-refractivity contribution in [3.05, 3.63) is 89.2 Å². The fraction of sp³-hybridized carbons (Fsp3) is 0.487. The molecule has 4 aromatic rings. The van der Waals surface area contributed by atoms with E-state index in [1.54, 1.807) is 23.0 Å². The largest absolute Gasteiger partial charge is 0.477 e. The molecule has 1 amide bonds. The number of nitrogens with one attached hydrogen (secondary N) is 2. The number of benzene rings is 1. The van der Waals surface area contributed by atoms with E-state index in [4.69, 9.17) is 21.3 Å². The van der Waals surface area contributed by atoms with Crippen LogP contribution in [0.3, 0.4) is 0 Å². The number of amides is 1. The summed E-state index contributed by atoms with van der Waals surface area (Å²) < 4.78 is 10.5. The molecule has 3 saturated carbocycles. The summed E-state index contributed by atoms with van der Waals surface area (Å²) in [7, 11) is 2.23. The summed E-state index contributed by atoms with van der Waals surface area (Å²) in [6.45, 7) is 6.48. The van der Waals surface area contributed by atoms with Gasteiger partial charge in [0, 0.05) is 36.3 Å². The van der Waals surface area contributed by atoms with Gasteiger partial charge in [-0.25, -0.2) is 14.6 Å². The molecule has 2 unspecified atom stereocenters. The minimum Gasteiger partial charge on any atom is -0.477 e. The van der Waals surface area contributed by atoms with Gasteiger partial charge in [-0.1, -0.05) is 48.0 Å². The molecular formula is C39H46ClN7O2S. The van der Waals surface area contributed by atoms with Gasteiger partial charge in [0.2, 0.25) is 5.88 Å². The topological polar surface area (TPSA) is 97.2 Å². The Hall–Kier alpha value is -3.60. The zero-order valence-electron chi connectivity index (χ0n) is 29.1. The molecule has 9 nitrogen and oxygen atoms in total. The Morgan fingerprint density at radius 2 is 1.78 bits per heavy atom. The highest BCUT2D eigenvalue weighted by atomic mass is 35.5. The van der Waals surface area contributed by atoms with Crippen LogP contribution in [0.2, 0.25) is 5.15 Å². The van der Waals surface area contributed by atoms with Crippen LogP contribution in [0.4, 0.5) is 5.82 Å². The van der Waals surface area contributed by atoms with Gasteiger partial charge < -0.3 is 15.0 Å². The molecular weight excluding hydrogens is 666 g/mol. The van der Waals surface area contributed by atoms with E-state index in [1.807, 2.05) is 30.3 Å². The van der Waals surface area contributed by atoms with Crippen LogP contribution in [-0.2, 0) is 0 Å². The van der Waals surface area contributed by atoms with E-state index < -0.39 is 0 Å². The molecule has 11 heteroatoms. The van der Waals surface area contributed by atoms with Crippen LogP contribution < -0.4 is 14.8 Å². The van der Waals surface area contributed by atoms with Gasteiger partial charge in [-0.15, -0.1) is 5.10 Å². The lowest BCUT2D eigenvalue weighted by Crippen LogP contribution is -2.34. The molecule has 2 atom stereocenters. The van der Waals surface area contributed by atoms with Gasteiger partial charge in [-0.3, -0.25) is 9.52 Å². The van der Waals surface area contributed by atoms with Gasteiger partial charge >= 0.3 is 0 Å². The molecule has 3 aromatic heterocycles. The van der Waals surface area contributed by atoms with Crippen LogP contribution in [0.25, 0.3) is 5.82 Å². The zero-order chi connectivity index (χ0) is 34.5. The summed E-state index contributed by atoms with van der Waals surface area (Å²) in [5.74, 6) is 3.02. The van der Waals surface area contributed by atoms with Crippen LogP contribution in [0.5, 0.6) is 5.88 Å². The number of rotatable bonds is 14. The van der Waals surface area contributed by atoms with E-state index in [1.165, 1.54) is 37.7 Å². The molecule has 2 N–H and O–H groups in total. The number of pyridine rings is 2. The first-order valence-electron chi connectivity index (χ1n) is 18.0. The maximum atomic E-state index is 13.2. The number of nitrogens with zero attached hydrogens (tertiary/aromatic N) is 5. The molecule has 1 aromatic carbocycles. The van der Waals surface area contributed by atoms with Crippen molar-refractivity contribution in [2.24, 2.45) is 22.7 Å². The van der Waals surface area contributed by atoms with E-state index in [9.17, 15) is 4.79 Å². The van der Waals surface area contributed by atoms with Crippen molar-refractivity contribution in [1.82, 2.24) is 29.4 Å². The molecule has 4 fully saturated rings. The minimum atomic E-state index is -0.350. The van der Waals surface area contributed by atoms with E-state index in [0.29, 0.717) is 40.1 Å². The quantitative estimate of drug-likeness (QED) is 0.0995. The number of aromatic nitrogens is 4. The van der Waals surface area contributed by atoms with Crippen LogP contribution in [-0.4, -0.2) is 56.3 Å². The number of ether oxygens (including phenoxy) is 1. The summed E-state index contributed by atoms with van der Waals surface area (Å²) in [5, 5.41) is 8.98. The Morgan fingerprint density at radius 1 is 1.00 bits per heavy atom. The molecule has 2 spiro atoms. The monoisotopic (exact) mass is 711 g/mol. The second kappa shape index (κ2) is 13.2. The standard InChI is InChI=1S/C39H46ClN7O2S/c1-37(2)24-26(25-46(37)3)12-14-29(27-8-5-4-6-9-27)41-31-10-7-11-34(42-31)50-45-36(48)28-13-15-32(43-35(28)40)47-22-16-33(44-47)49-23-17-30-38(18-19-38)39(30)20-21-39/h4-11,13,15-16,22,26,29-30H,12,14,17-21,23-25H2,1-3H3,(H,41,42)(H,45,48). The first-order chi connectivity index (χ1) is 24.2. The zero-order valence-corrected chi connectivity index (χ0v) is 30.6. The van der Waals surface area contributed by atoms with E-state index in [-0.39, 0.29) is 28.2 Å². The predicted molar refractivity (Wildman–Crippen MR) is 198 cm³/mol. The van der Waals surface area contributed by atoms with E-state index in [0.717, 1.165) is 49.5 Å². The van der Waals surface area contributed by atoms with Crippen LogP contribution >= 0.6 is 23.5 Å². The average molecular weight is 712 g/mol. The van der Waals surface area contributed by atoms with Crippen molar-refractivity contribution in [3.63, 3.8) is 0 Å². The molecule has 0 bridgehead atoms. The highest BCUT2D eigenvalue weighted by Crippen LogP contribution is 2.93. The molecule has 4 heterocycles. The van der Waals surface area contributed by atoms with Crippen molar-refractivity contribution in [2.45, 2.75) is 81.8 Å². The van der Waals surface area contributed by atoms with Gasteiger partial charge in [0.1, 0.15) is 16.0 Å². The van der Waals surface area contributed by atoms with Gasteiger partial charge in [0.15, 0.2) is 5.82 Å². The van der Waals surface area contributed by atoms with Gasteiger partial charge in [0.25, 0.3) is 5.91 Å². The van der Waals surface area contributed by atoms with Crippen molar-refractivity contribution in [2.75, 3.05) is 25.5 Å². The number of hydrogen-bond donors (Lipinski definition) is 2. The number of fused-ring (bicyclic) bond motifs is 1. The molecule has 50 heavy (non-hydrogen) atoms. The third-order valence-corrected chi connectivity index (χ3v) is 13.1. The lowest BCUT2D eigenvalue weighted by molar-refractivity contribution is 0.0984. The summed E-state index contributed by atoms with van der Waals surface area (Å²) in [5.41, 5.74) is 3.14. The number of hydrogen-bond acceptors (Lipinski definition) is 8. The number of likely N-dealkylation sites (tertiary alicyclic amines) is 1.